The van der Waals surface area contributed by atoms with Gasteiger partial charge in [0.15, 0.2) is 0 Å². The number of carbonyl (C=O) groups is 2. The van der Waals surface area contributed by atoms with Crippen molar-refractivity contribution in [3.63, 3.8) is 0 Å². The fraction of sp³-hybridized carbons (Fsp3) is 0.364. The molecule has 0 radical (unpaired) electrons. The van der Waals surface area contributed by atoms with Gasteiger partial charge in [-0.05, 0) is 31.4 Å². The molecular weight excluding hydrogens is 324 g/mol. The zero-order chi connectivity index (χ0) is 18.7. The summed E-state index contributed by atoms with van der Waals surface area (Å²) in [6.07, 6.45) is 10.0. The van der Waals surface area contributed by atoms with Crippen LogP contribution < -0.4 is 4.90 Å². The Labute approximate surface area is 154 Å². The van der Waals surface area contributed by atoms with Crippen LogP contribution in [-0.4, -0.2) is 23.3 Å². The number of anilines is 1. The van der Waals surface area contributed by atoms with Gasteiger partial charge >= 0.3 is 0 Å². The van der Waals surface area contributed by atoms with Crippen LogP contribution >= 0.6 is 0 Å². The lowest BCUT2D eigenvalue weighted by Crippen LogP contribution is -2.29. The minimum Gasteiger partial charge on any atom is -0.317 e. The van der Waals surface area contributed by atoms with Crippen LogP contribution in [0.25, 0.3) is 10.9 Å². The monoisotopic (exact) mass is 350 g/mol. The van der Waals surface area contributed by atoms with Crippen LogP contribution in [0.3, 0.4) is 0 Å². The second-order valence-electron chi connectivity index (χ2n) is 6.69. The van der Waals surface area contributed by atoms with Crippen LogP contribution in [0, 0.1) is 0 Å². The number of carbonyl (C=O) groups excluding carboxylic acids is 2. The van der Waals surface area contributed by atoms with E-state index in [2.05, 4.69) is 36.6 Å². The van der Waals surface area contributed by atoms with E-state index in [0.717, 1.165) is 47.8 Å². The molecule has 0 aliphatic carbocycles. The van der Waals surface area contributed by atoms with E-state index in [9.17, 15) is 9.59 Å². The van der Waals surface area contributed by atoms with Gasteiger partial charge < -0.3 is 4.57 Å². The first-order valence-corrected chi connectivity index (χ1v) is 9.36. The van der Waals surface area contributed by atoms with Crippen molar-refractivity contribution in [1.82, 2.24) is 4.57 Å². The molecule has 1 aliphatic rings. The van der Waals surface area contributed by atoms with Crippen molar-refractivity contribution in [3.8, 4) is 0 Å². The molecule has 0 fully saturated rings. The van der Waals surface area contributed by atoms with Crippen molar-refractivity contribution in [2.45, 2.75) is 46.6 Å². The number of aromatic nitrogens is 1. The molecule has 2 heterocycles. The maximum atomic E-state index is 12.8. The topological polar surface area (TPSA) is 42.3 Å². The first-order chi connectivity index (χ1) is 12.6. The Kier molecular flexibility index (Phi) is 5.40. The Morgan fingerprint density at radius 3 is 2.73 bits per heavy atom. The molecule has 136 valence electrons. The third-order valence-electron chi connectivity index (χ3n) is 4.93. The summed E-state index contributed by atoms with van der Waals surface area (Å²) in [6, 6.07) is 5.78. The van der Waals surface area contributed by atoms with Gasteiger partial charge in [-0.1, -0.05) is 50.6 Å². The van der Waals surface area contributed by atoms with E-state index in [0.29, 0.717) is 18.7 Å². The van der Waals surface area contributed by atoms with Gasteiger partial charge in [0.1, 0.15) is 18.6 Å². The van der Waals surface area contributed by atoms with E-state index in [1.54, 1.807) is 0 Å². The molecule has 1 amide bonds. The Bertz CT molecular complexity index is 902. The summed E-state index contributed by atoms with van der Waals surface area (Å²) in [5.41, 5.74) is 3.97. The number of aldehydes is 1. The number of aryl methyl sites for hydroxylation is 1. The van der Waals surface area contributed by atoms with E-state index in [1.165, 1.54) is 5.56 Å². The molecular formula is C22H26N2O2. The number of fused-ring (bicyclic) bond motifs is 3. The van der Waals surface area contributed by atoms with Crippen LogP contribution in [0.4, 0.5) is 5.82 Å². The highest BCUT2D eigenvalue weighted by molar-refractivity contribution is 6.05. The van der Waals surface area contributed by atoms with Gasteiger partial charge in [0.05, 0.1) is 12.1 Å². The summed E-state index contributed by atoms with van der Waals surface area (Å²) in [6.45, 7) is 7.19. The highest BCUT2D eigenvalue weighted by Gasteiger charge is 2.32. The zero-order valence-corrected chi connectivity index (χ0v) is 15.8. The van der Waals surface area contributed by atoms with Crippen molar-refractivity contribution in [2.24, 2.45) is 0 Å². The molecule has 1 aromatic heterocycles. The number of benzene rings is 1. The molecule has 1 aromatic carbocycles. The van der Waals surface area contributed by atoms with Crippen molar-refractivity contribution < 1.29 is 9.59 Å². The van der Waals surface area contributed by atoms with Gasteiger partial charge in [-0.3, -0.25) is 14.5 Å². The van der Waals surface area contributed by atoms with Crippen LogP contribution in [0.15, 0.2) is 42.0 Å². The normalized spacial score (nSPS) is 14.7. The maximum Gasteiger partial charge on any atom is 0.248 e. The largest absolute Gasteiger partial charge is 0.317 e. The highest BCUT2D eigenvalue weighted by Crippen LogP contribution is 2.38. The molecule has 1 aliphatic heterocycles. The summed E-state index contributed by atoms with van der Waals surface area (Å²) in [5.74, 6) is 1.11. The van der Waals surface area contributed by atoms with Crippen molar-refractivity contribution in [1.29, 1.82) is 0 Å². The lowest BCUT2D eigenvalue weighted by atomic mass is 10.1. The van der Waals surface area contributed by atoms with Crippen LogP contribution in [0.2, 0.25) is 0 Å². The average Bonchev–Trinajstić information content (AvgIpc) is 3.13. The van der Waals surface area contributed by atoms with Gasteiger partial charge in [-0.25, -0.2) is 0 Å². The number of rotatable bonds is 7. The quantitative estimate of drug-likeness (QED) is 0.538. The Morgan fingerprint density at radius 1 is 1.27 bits per heavy atom. The van der Waals surface area contributed by atoms with Gasteiger partial charge in [0, 0.05) is 16.5 Å². The van der Waals surface area contributed by atoms with Gasteiger partial charge in [0.2, 0.25) is 5.91 Å². The average molecular weight is 350 g/mol. The fourth-order valence-corrected chi connectivity index (χ4v) is 3.66. The molecule has 0 unspecified atom stereocenters. The van der Waals surface area contributed by atoms with Gasteiger partial charge in [0.25, 0.3) is 0 Å². The highest BCUT2D eigenvalue weighted by atomic mass is 16.2. The summed E-state index contributed by atoms with van der Waals surface area (Å²) in [4.78, 5) is 25.9. The summed E-state index contributed by atoms with van der Waals surface area (Å²) < 4.78 is 2.08. The predicted molar refractivity (Wildman–Crippen MR) is 107 cm³/mol. The number of allylic oxidation sites excluding steroid dienone is 2. The zero-order valence-electron chi connectivity index (χ0n) is 15.8. The SMILES string of the molecule is C/C=C(\C=C/CC)CN1C(=O)Cn2c1c(CCC)c1ccc(C=O)cc12. The number of hydrogen-bond donors (Lipinski definition) is 0. The van der Waals surface area contributed by atoms with E-state index < -0.39 is 0 Å². The van der Waals surface area contributed by atoms with Gasteiger partial charge in [-0.15, -0.1) is 0 Å². The molecule has 0 N–H and O–H groups in total. The first-order valence-electron chi connectivity index (χ1n) is 9.36. The molecule has 0 atom stereocenters. The lowest BCUT2D eigenvalue weighted by molar-refractivity contribution is -0.117. The van der Waals surface area contributed by atoms with Crippen molar-refractivity contribution >= 4 is 28.9 Å². The first kappa shape index (κ1) is 18.2. The predicted octanol–water partition coefficient (Wildman–Crippen LogP) is 4.67. The van der Waals surface area contributed by atoms with Crippen LogP contribution in [-0.2, 0) is 17.8 Å². The van der Waals surface area contributed by atoms with Gasteiger partial charge in [-0.2, -0.15) is 0 Å². The standard InChI is InChI=1S/C22H26N2O2/c1-4-7-9-16(6-3)13-24-21(26)14-23-20-12-17(15-25)10-11-18(20)19(8-5-2)22(23)24/h6-7,9-12,15H,4-5,8,13-14H2,1-3H3/b9-7-,16-6+. The Hall–Kier alpha value is -2.62. The fourth-order valence-electron chi connectivity index (χ4n) is 3.66. The number of amides is 1. The summed E-state index contributed by atoms with van der Waals surface area (Å²) >= 11 is 0. The minimum atomic E-state index is 0.111. The second-order valence-corrected chi connectivity index (χ2v) is 6.69. The molecule has 0 saturated heterocycles. The maximum absolute atomic E-state index is 12.8. The second kappa shape index (κ2) is 7.73. The molecule has 2 aromatic rings. The van der Waals surface area contributed by atoms with Crippen molar-refractivity contribution in [3.05, 3.63) is 53.1 Å². The van der Waals surface area contributed by atoms with E-state index in [4.69, 9.17) is 0 Å². The molecule has 3 rings (SSSR count). The minimum absolute atomic E-state index is 0.111. The summed E-state index contributed by atoms with van der Waals surface area (Å²) in [7, 11) is 0. The third kappa shape index (κ3) is 3.12. The number of nitrogens with zero attached hydrogens (tertiary/aromatic N) is 2. The van der Waals surface area contributed by atoms with Crippen LogP contribution in [0.5, 0.6) is 0 Å². The molecule has 0 saturated carbocycles. The van der Waals surface area contributed by atoms with E-state index in [1.807, 2.05) is 30.0 Å². The number of hydrogen-bond acceptors (Lipinski definition) is 2. The molecule has 4 heteroatoms. The Balaban J connectivity index is 2.12. The van der Waals surface area contributed by atoms with Crippen molar-refractivity contribution in [2.75, 3.05) is 11.4 Å². The smallest absolute Gasteiger partial charge is 0.248 e. The molecule has 0 spiro atoms. The van der Waals surface area contributed by atoms with Crippen LogP contribution in [0.1, 0.15) is 49.5 Å². The van der Waals surface area contributed by atoms with E-state index in [-0.39, 0.29) is 5.91 Å². The third-order valence-corrected chi connectivity index (χ3v) is 4.93. The van der Waals surface area contributed by atoms with E-state index >= 15 is 0 Å². The summed E-state index contributed by atoms with van der Waals surface area (Å²) in [5, 5.41) is 1.15. The Morgan fingerprint density at radius 2 is 2.08 bits per heavy atom. The molecule has 26 heavy (non-hydrogen) atoms. The molecule has 0 bridgehead atoms. The lowest BCUT2D eigenvalue weighted by Gasteiger charge is -2.18. The molecule has 4 nitrogen and oxygen atoms in total.